The number of nitrogens with one attached hydrogen (secondary N) is 1. The average Bonchev–Trinajstić information content (AvgIpc) is 3.10. The summed E-state index contributed by atoms with van der Waals surface area (Å²) in [6, 6.07) is 11.4. The van der Waals surface area contributed by atoms with Crippen molar-refractivity contribution in [3.63, 3.8) is 0 Å². The third-order valence-corrected chi connectivity index (χ3v) is 6.48. The number of aryl methyl sites for hydroxylation is 1. The van der Waals surface area contributed by atoms with Crippen molar-refractivity contribution in [3.8, 4) is 11.4 Å². The molecule has 9 heteroatoms. The largest absolute Gasteiger partial charge is 0.310 e. The van der Waals surface area contributed by atoms with Crippen LogP contribution < -0.4 is 5.32 Å². The Kier molecular flexibility index (Phi) is 7.03. The number of anilines is 1. The molecule has 0 bridgehead atoms. The lowest BCUT2D eigenvalue weighted by Crippen LogP contribution is -2.39. The molecule has 3 aromatic rings. The topological polar surface area (TPSA) is 68.0 Å². The summed E-state index contributed by atoms with van der Waals surface area (Å²) in [6.45, 7) is 7.03. The Morgan fingerprint density at radius 3 is 2.59 bits per heavy atom. The number of piperidine rings is 1. The van der Waals surface area contributed by atoms with Crippen LogP contribution in [0.1, 0.15) is 25.3 Å². The van der Waals surface area contributed by atoms with Crippen molar-refractivity contribution in [1.82, 2.24) is 24.2 Å². The summed E-state index contributed by atoms with van der Waals surface area (Å²) < 4.78 is 4.61. The fourth-order valence-corrected chi connectivity index (χ4v) is 4.43. The highest BCUT2D eigenvalue weighted by molar-refractivity contribution is 7.71. The van der Waals surface area contributed by atoms with Crippen LogP contribution in [0.25, 0.3) is 11.4 Å². The highest BCUT2D eigenvalue weighted by atomic mass is 35.5. The maximum Gasteiger partial charge on any atom is 0.228 e. The molecular formula is C23H27ClN6OS. The zero-order valence-electron chi connectivity index (χ0n) is 18.3. The number of hydrogen-bond acceptors (Lipinski definition) is 5. The molecule has 3 heterocycles. The highest BCUT2D eigenvalue weighted by Crippen LogP contribution is 2.23. The van der Waals surface area contributed by atoms with Crippen LogP contribution in [0.4, 0.5) is 5.82 Å². The molecule has 2 aromatic heterocycles. The summed E-state index contributed by atoms with van der Waals surface area (Å²) in [5, 5.41) is 8.44. The maximum absolute atomic E-state index is 12.6. The van der Waals surface area contributed by atoms with Gasteiger partial charge in [0.2, 0.25) is 5.91 Å². The van der Waals surface area contributed by atoms with Gasteiger partial charge in [0, 0.05) is 42.3 Å². The van der Waals surface area contributed by atoms with Crippen LogP contribution in [0.15, 0.2) is 42.6 Å². The van der Waals surface area contributed by atoms with Crippen molar-refractivity contribution < 1.29 is 4.79 Å². The van der Waals surface area contributed by atoms with Gasteiger partial charge in [-0.1, -0.05) is 11.6 Å². The minimum Gasteiger partial charge on any atom is -0.310 e. The van der Waals surface area contributed by atoms with Gasteiger partial charge in [-0.3, -0.25) is 9.69 Å². The molecule has 1 aliphatic rings. The molecule has 4 rings (SSSR count). The molecule has 1 amide bonds. The van der Waals surface area contributed by atoms with E-state index in [1.807, 2.05) is 52.6 Å². The van der Waals surface area contributed by atoms with E-state index in [9.17, 15) is 4.79 Å². The van der Waals surface area contributed by atoms with Crippen LogP contribution in [0.3, 0.4) is 0 Å². The van der Waals surface area contributed by atoms with Crippen molar-refractivity contribution in [3.05, 3.63) is 58.0 Å². The molecule has 1 aromatic carbocycles. The van der Waals surface area contributed by atoms with Gasteiger partial charge in [-0.15, -0.1) is 0 Å². The van der Waals surface area contributed by atoms with Gasteiger partial charge in [0.25, 0.3) is 0 Å². The Morgan fingerprint density at radius 1 is 1.22 bits per heavy atom. The van der Waals surface area contributed by atoms with E-state index in [4.69, 9.17) is 28.9 Å². The van der Waals surface area contributed by atoms with E-state index in [0.717, 1.165) is 49.4 Å². The van der Waals surface area contributed by atoms with E-state index >= 15 is 0 Å². The van der Waals surface area contributed by atoms with Gasteiger partial charge in [0.15, 0.2) is 10.6 Å². The number of carbonyl (C=O) groups excluding carboxylic acids is 1. The van der Waals surface area contributed by atoms with Gasteiger partial charge >= 0.3 is 0 Å². The van der Waals surface area contributed by atoms with Gasteiger partial charge < -0.3 is 9.88 Å². The van der Waals surface area contributed by atoms with Gasteiger partial charge in [-0.05, 0) is 80.9 Å². The van der Waals surface area contributed by atoms with Crippen LogP contribution in [-0.4, -0.2) is 43.2 Å². The summed E-state index contributed by atoms with van der Waals surface area (Å²) >= 11 is 11.7. The number of halogens is 1. The Hall–Kier alpha value is -2.55. The molecule has 0 unspecified atom stereocenters. The van der Waals surface area contributed by atoms with Gasteiger partial charge in [-0.2, -0.15) is 5.10 Å². The first-order chi connectivity index (χ1) is 15.4. The van der Waals surface area contributed by atoms with Crippen LogP contribution in [0.2, 0.25) is 5.02 Å². The van der Waals surface area contributed by atoms with Crippen molar-refractivity contribution in [1.29, 1.82) is 0 Å². The van der Waals surface area contributed by atoms with E-state index in [2.05, 4.69) is 22.1 Å². The number of rotatable bonds is 6. The number of aromatic nitrogens is 4. The molecule has 7 nitrogen and oxygen atoms in total. The summed E-state index contributed by atoms with van der Waals surface area (Å²) in [4.78, 5) is 19.2. The summed E-state index contributed by atoms with van der Waals surface area (Å²) in [5.41, 5.74) is 2.06. The van der Waals surface area contributed by atoms with E-state index in [1.165, 1.54) is 0 Å². The number of carbonyl (C=O) groups is 1. The Bertz CT molecular complexity index is 1150. The Balaban J connectivity index is 1.39. The monoisotopic (exact) mass is 470 g/mol. The van der Waals surface area contributed by atoms with E-state index in [0.29, 0.717) is 22.3 Å². The molecular weight excluding hydrogens is 444 g/mol. The SMILES string of the molecule is CCn1c(-c2ccc(Cl)cc2)nn(CN2CCC(C(=O)Nc3cc(C)ccn3)CC2)c1=S. The third kappa shape index (κ3) is 5.09. The lowest BCUT2D eigenvalue weighted by atomic mass is 9.96. The highest BCUT2D eigenvalue weighted by Gasteiger charge is 2.26. The lowest BCUT2D eigenvalue weighted by molar-refractivity contribution is -0.121. The number of amides is 1. The quantitative estimate of drug-likeness (QED) is 0.526. The second kappa shape index (κ2) is 9.94. The minimum atomic E-state index is -0.0145. The fraction of sp³-hybridized carbons (Fsp3) is 0.391. The molecule has 168 valence electrons. The van der Waals surface area contributed by atoms with Crippen molar-refractivity contribution in [2.24, 2.45) is 5.92 Å². The fourth-order valence-electron chi connectivity index (χ4n) is 3.99. The van der Waals surface area contributed by atoms with Crippen LogP contribution in [-0.2, 0) is 18.0 Å². The maximum atomic E-state index is 12.6. The molecule has 0 spiro atoms. The van der Waals surface area contributed by atoms with Crippen LogP contribution in [0.5, 0.6) is 0 Å². The van der Waals surface area contributed by atoms with Gasteiger partial charge in [-0.25, -0.2) is 9.67 Å². The zero-order valence-corrected chi connectivity index (χ0v) is 19.9. The first-order valence-corrected chi connectivity index (χ1v) is 11.6. The Labute approximate surface area is 198 Å². The first-order valence-electron chi connectivity index (χ1n) is 10.8. The minimum absolute atomic E-state index is 0.0145. The molecule has 1 saturated heterocycles. The molecule has 0 atom stereocenters. The first kappa shape index (κ1) is 22.6. The van der Waals surface area contributed by atoms with Crippen LogP contribution in [0, 0.1) is 17.6 Å². The number of pyridine rings is 1. The second-order valence-corrected chi connectivity index (χ2v) is 8.90. The zero-order chi connectivity index (χ0) is 22.7. The van der Waals surface area contributed by atoms with Gasteiger partial charge in [0.05, 0.1) is 6.67 Å². The molecule has 1 N–H and O–H groups in total. The lowest BCUT2D eigenvalue weighted by Gasteiger charge is -2.30. The summed E-state index contributed by atoms with van der Waals surface area (Å²) in [5.74, 6) is 1.48. The predicted molar refractivity (Wildman–Crippen MR) is 129 cm³/mol. The Morgan fingerprint density at radius 2 is 1.94 bits per heavy atom. The van der Waals surface area contributed by atoms with E-state index in [1.54, 1.807) is 6.20 Å². The number of likely N-dealkylation sites (tertiary alicyclic amines) is 1. The molecule has 32 heavy (non-hydrogen) atoms. The van der Waals surface area contributed by atoms with Crippen molar-refractivity contribution in [2.75, 3.05) is 18.4 Å². The normalized spacial score (nSPS) is 15.1. The smallest absolute Gasteiger partial charge is 0.228 e. The van der Waals surface area contributed by atoms with Crippen molar-refractivity contribution >= 4 is 35.5 Å². The number of nitrogens with zero attached hydrogens (tertiary/aromatic N) is 5. The third-order valence-electron chi connectivity index (χ3n) is 5.80. The molecule has 1 aliphatic heterocycles. The summed E-state index contributed by atoms with van der Waals surface area (Å²) in [7, 11) is 0. The molecule has 0 saturated carbocycles. The van der Waals surface area contributed by atoms with Crippen molar-refractivity contribution in [2.45, 2.75) is 39.9 Å². The van der Waals surface area contributed by atoms with E-state index < -0.39 is 0 Å². The average molecular weight is 471 g/mol. The number of benzene rings is 1. The van der Waals surface area contributed by atoms with Crippen LogP contribution >= 0.6 is 23.8 Å². The standard InChI is InChI=1S/C23H27ClN6OS/c1-3-29-21(17-4-6-19(24)7-5-17)27-30(23(29)32)15-28-12-9-18(10-13-28)22(31)26-20-14-16(2)8-11-25-20/h4-8,11,14,18H,3,9-10,12-13,15H2,1-2H3,(H,25,26,31). The summed E-state index contributed by atoms with van der Waals surface area (Å²) in [6.07, 6.45) is 3.30. The molecule has 0 aliphatic carbocycles. The van der Waals surface area contributed by atoms with E-state index in [-0.39, 0.29) is 11.8 Å². The van der Waals surface area contributed by atoms with Gasteiger partial charge in [0.1, 0.15) is 5.82 Å². The molecule has 1 fully saturated rings. The predicted octanol–water partition coefficient (Wildman–Crippen LogP) is 4.77. The second-order valence-electron chi connectivity index (χ2n) is 8.10. The number of hydrogen-bond donors (Lipinski definition) is 1. The molecule has 0 radical (unpaired) electrons.